The molecule has 0 atom stereocenters. The summed E-state index contributed by atoms with van der Waals surface area (Å²) in [6.07, 6.45) is 3.36. The molecule has 170 valence electrons. The number of nitrogens with zero attached hydrogens (tertiary/aromatic N) is 2. The molecule has 6 nitrogen and oxygen atoms in total. The Bertz CT molecular complexity index is 1560. The van der Waals surface area contributed by atoms with Gasteiger partial charge < -0.3 is 15.1 Å². The lowest BCUT2D eigenvalue weighted by atomic mass is 9.84. The van der Waals surface area contributed by atoms with E-state index in [1.165, 1.54) is 0 Å². The average Bonchev–Trinajstić information content (AvgIpc) is 3.06. The molecule has 35 heavy (non-hydrogen) atoms. The van der Waals surface area contributed by atoms with E-state index in [9.17, 15) is 19.8 Å². The van der Waals surface area contributed by atoms with E-state index in [-0.39, 0.29) is 11.1 Å². The van der Waals surface area contributed by atoms with E-state index in [1.807, 2.05) is 65.6 Å². The third-order valence-electron chi connectivity index (χ3n) is 6.75. The third kappa shape index (κ3) is 3.30. The molecule has 1 aromatic heterocycles. The molecule has 6 heteroatoms. The highest BCUT2D eigenvalue weighted by atomic mass is 16.4. The van der Waals surface area contributed by atoms with Gasteiger partial charge in [0.15, 0.2) is 0 Å². The van der Waals surface area contributed by atoms with Gasteiger partial charge in [-0.05, 0) is 68.1 Å². The lowest BCUT2D eigenvalue weighted by Crippen LogP contribution is -2.23. The number of rotatable bonds is 3. The van der Waals surface area contributed by atoms with Crippen molar-refractivity contribution >= 4 is 39.2 Å². The number of carboxylic acid groups (broad SMARTS) is 2. The van der Waals surface area contributed by atoms with Gasteiger partial charge in [-0.3, -0.25) is 4.98 Å². The van der Waals surface area contributed by atoms with Crippen LogP contribution in [0.5, 0.6) is 0 Å². The first-order chi connectivity index (χ1) is 17.0. The predicted octanol–water partition coefficient (Wildman–Crippen LogP) is 5.97. The Balaban J connectivity index is 1.84. The van der Waals surface area contributed by atoms with Crippen molar-refractivity contribution in [3.8, 4) is 11.1 Å². The summed E-state index contributed by atoms with van der Waals surface area (Å²) in [7, 11) is 0. The number of aromatic nitrogens is 1. The quantitative estimate of drug-likeness (QED) is 0.345. The molecular formula is C29H20N2O4. The van der Waals surface area contributed by atoms with Gasteiger partial charge in [-0.2, -0.15) is 0 Å². The zero-order chi connectivity index (χ0) is 24.1. The van der Waals surface area contributed by atoms with E-state index < -0.39 is 11.9 Å². The molecule has 1 aliphatic heterocycles. The molecule has 0 spiro atoms. The summed E-state index contributed by atoms with van der Waals surface area (Å²) in [4.78, 5) is 31.1. The van der Waals surface area contributed by atoms with E-state index in [1.54, 1.807) is 24.5 Å². The highest BCUT2D eigenvalue weighted by molar-refractivity contribution is 6.13. The van der Waals surface area contributed by atoms with Crippen molar-refractivity contribution in [2.24, 2.45) is 0 Å². The van der Waals surface area contributed by atoms with Crippen LogP contribution in [0.1, 0.15) is 31.8 Å². The molecule has 0 fully saturated rings. The number of anilines is 1. The van der Waals surface area contributed by atoms with Crippen LogP contribution in [-0.4, -0.2) is 27.1 Å². The van der Waals surface area contributed by atoms with Gasteiger partial charge in [0, 0.05) is 31.2 Å². The van der Waals surface area contributed by atoms with Crippen LogP contribution >= 0.6 is 0 Å². The zero-order valence-corrected chi connectivity index (χ0v) is 18.6. The zero-order valence-electron chi connectivity index (χ0n) is 18.6. The summed E-state index contributed by atoms with van der Waals surface area (Å²) in [5.74, 6) is -2.02. The predicted molar refractivity (Wildman–Crippen MR) is 135 cm³/mol. The van der Waals surface area contributed by atoms with Crippen molar-refractivity contribution < 1.29 is 19.8 Å². The van der Waals surface area contributed by atoms with Crippen molar-refractivity contribution in [1.29, 1.82) is 0 Å². The number of benzene rings is 4. The summed E-state index contributed by atoms with van der Waals surface area (Å²) in [6.45, 7) is 0.627. The van der Waals surface area contributed by atoms with Crippen molar-refractivity contribution in [2.45, 2.75) is 13.1 Å². The van der Waals surface area contributed by atoms with Crippen molar-refractivity contribution in [3.05, 3.63) is 107 Å². The molecule has 0 amide bonds. The van der Waals surface area contributed by atoms with E-state index in [2.05, 4.69) is 4.98 Å². The largest absolute Gasteiger partial charge is 0.478 e. The molecule has 6 rings (SSSR count). The summed E-state index contributed by atoms with van der Waals surface area (Å²) in [6, 6.07) is 22.5. The highest BCUT2D eigenvalue weighted by Gasteiger charge is 2.30. The van der Waals surface area contributed by atoms with Crippen LogP contribution in [0.25, 0.3) is 32.7 Å². The number of carboxylic acids is 2. The lowest BCUT2D eigenvalue weighted by molar-refractivity contribution is 0.0685. The Labute approximate surface area is 200 Å². The van der Waals surface area contributed by atoms with Gasteiger partial charge in [-0.25, -0.2) is 9.59 Å². The second-order valence-corrected chi connectivity index (χ2v) is 8.67. The van der Waals surface area contributed by atoms with E-state index >= 15 is 0 Å². The molecule has 2 N–H and O–H groups in total. The van der Waals surface area contributed by atoms with Crippen LogP contribution in [0.4, 0.5) is 5.69 Å². The smallest absolute Gasteiger partial charge is 0.336 e. The first-order valence-corrected chi connectivity index (χ1v) is 11.2. The van der Waals surface area contributed by atoms with E-state index in [0.717, 1.165) is 38.4 Å². The minimum absolute atomic E-state index is 0.218. The topological polar surface area (TPSA) is 90.7 Å². The molecule has 0 aliphatic carbocycles. The number of fused-ring (bicyclic) bond motifs is 7. The Morgan fingerprint density at radius 2 is 1.14 bits per heavy atom. The molecule has 2 heterocycles. The second kappa shape index (κ2) is 7.95. The van der Waals surface area contributed by atoms with Gasteiger partial charge in [0.05, 0.1) is 11.1 Å². The molecule has 0 saturated carbocycles. The molecule has 5 aromatic rings. The van der Waals surface area contributed by atoms with Crippen LogP contribution in [-0.2, 0) is 13.1 Å². The first-order valence-electron chi connectivity index (χ1n) is 11.2. The molecule has 1 aliphatic rings. The van der Waals surface area contributed by atoms with E-state index in [4.69, 9.17) is 0 Å². The Morgan fingerprint density at radius 1 is 0.686 bits per heavy atom. The van der Waals surface area contributed by atoms with Crippen LogP contribution in [0, 0.1) is 0 Å². The number of hydrogen-bond donors (Lipinski definition) is 2. The van der Waals surface area contributed by atoms with Gasteiger partial charge in [-0.15, -0.1) is 0 Å². The van der Waals surface area contributed by atoms with Crippen LogP contribution in [0.3, 0.4) is 0 Å². The summed E-state index contributed by atoms with van der Waals surface area (Å²) >= 11 is 0. The molecule has 0 unspecified atom stereocenters. The van der Waals surface area contributed by atoms with Crippen molar-refractivity contribution in [3.63, 3.8) is 0 Å². The summed E-state index contributed by atoms with van der Waals surface area (Å²) < 4.78 is 0. The first kappa shape index (κ1) is 20.9. The number of carbonyl (C=O) groups is 2. The second-order valence-electron chi connectivity index (χ2n) is 8.67. The normalized spacial score (nSPS) is 12.7. The lowest BCUT2D eigenvalue weighted by Gasteiger charge is -2.25. The average molecular weight is 460 g/mol. The third-order valence-corrected chi connectivity index (χ3v) is 6.75. The fourth-order valence-electron chi connectivity index (χ4n) is 5.24. The van der Waals surface area contributed by atoms with E-state index in [0.29, 0.717) is 24.2 Å². The number of aromatic carboxylic acids is 2. The standard InChI is InChI=1S/C29H20N2O4/c32-28(33)22-13-17-5-1-3-7-20(17)26-24(22)15-31(19-9-11-30-12-10-19)16-25-23(29(34)35)14-18-6-2-4-8-21(18)27(25)26/h1-14H,15-16H2,(H,32,33)(H,34,35). The van der Waals surface area contributed by atoms with Crippen molar-refractivity contribution in [2.75, 3.05) is 4.90 Å². The highest BCUT2D eigenvalue weighted by Crippen LogP contribution is 2.45. The molecule has 4 aromatic carbocycles. The van der Waals surface area contributed by atoms with Gasteiger partial charge in [-0.1, -0.05) is 48.5 Å². The SMILES string of the molecule is O=C(O)c1cc2ccccc2c2c1CN(c1ccncc1)Cc1c(C(=O)O)cc3ccccc3c1-2. The fourth-order valence-corrected chi connectivity index (χ4v) is 5.24. The molecule has 0 bridgehead atoms. The number of pyridine rings is 1. The molecular weight excluding hydrogens is 440 g/mol. The minimum atomic E-state index is -1.01. The number of hydrogen-bond acceptors (Lipinski definition) is 4. The summed E-state index contributed by atoms with van der Waals surface area (Å²) in [5, 5.41) is 23.9. The van der Waals surface area contributed by atoms with Crippen LogP contribution in [0.15, 0.2) is 85.2 Å². The van der Waals surface area contributed by atoms with Gasteiger partial charge in [0.25, 0.3) is 0 Å². The Morgan fingerprint density at radius 3 is 1.60 bits per heavy atom. The maximum atomic E-state index is 12.5. The molecule has 0 radical (unpaired) electrons. The van der Waals surface area contributed by atoms with Gasteiger partial charge in [0.2, 0.25) is 0 Å². The van der Waals surface area contributed by atoms with Gasteiger partial charge in [0.1, 0.15) is 0 Å². The van der Waals surface area contributed by atoms with Gasteiger partial charge >= 0.3 is 11.9 Å². The Hall–Kier alpha value is -4.71. The Kier molecular flexibility index (Phi) is 4.74. The molecule has 0 saturated heterocycles. The maximum Gasteiger partial charge on any atom is 0.336 e. The maximum absolute atomic E-state index is 12.5. The monoisotopic (exact) mass is 460 g/mol. The van der Waals surface area contributed by atoms with Crippen molar-refractivity contribution in [1.82, 2.24) is 4.98 Å². The minimum Gasteiger partial charge on any atom is -0.478 e. The summed E-state index contributed by atoms with van der Waals surface area (Å²) in [5.41, 5.74) is 4.18. The van der Waals surface area contributed by atoms with Crippen LogP contribution < -0.4 is 4.90 Å². The fraction of sp³-hybridized carbons (Fsp3) is 0.0690. The van der Waals surface area contributed by atoms with Crippen LogP contribution in [0.2, 0.25) is 0 Å².